The smallest absolute Gasteiger partial charge is 0.219 e. The number of carbonyl (C=O) groups excluding carboxylic acids is 1. The maximum absolute atomic E-state index is 10.7. The molecule has 0 bridgehead atoms. The van der Waals surface area contributed by atoms with E-state index in [1.807, 2.05) is 12.3 Å². The fourth-order valence-electron chi connectivity index (χ4n) is 2.68. The summed E-state index contributed by atoms with van der Waals surface area (Å²) in [6.07, 6.45) is 5.91. The molecule has 3 N–H and O–H groups in total. The minimum absolute atomic E-state index is 0.292. The second kappa shape index (κ2) is 6.08. The molecule has 2 rings (SSSR count). The highest BCUT2D eigenvalue weighted by atomic mass is 16.1. The maximum atomic E-state index is 10.7. The Morgan fingerprint density at radius 3 is 2.95 bits per heavy atom. The van der Waals surface area contributed by atoms with Crippen LogP contribution in [-0.2, 0) is 11.3 Å². The first-order valence-electron chi connectivity index (χ1n) is 7.13. The van der Waals surface area contributed by atoms with Crippen molar-refractivity contribution >= 4 is 11.7 Å². The van der Waals surface area contributed by atoms with Crippen molar-refractivity contribution in [3.05, 3.63) is 12.3 Å². The first-order chi connectivity index (χ1) is 9.04. The Kier molecular flexibility index (Phi) is 4.45. The lowest BCUT2D eigenvalue weighted by molar-refractivity contribution is -0.118. The molecule has 106 valence electrons. The molecule has 1 saturated carbocycles. The van der Waals surface area contributed by atoms with Crippen molar-refractivity contribution < 1.29 is 4.79 Å². The summed E-state index contributed by atoms with van der Waals surface area (Å²) in [7, 11) is 0. The second-order valence-electron chi connectivity index (χ2n) is 5.79. The van der Waals surface area contributed by atoms with Gasteiger partial charge in [-0.2, -0.15) is 5.10 Å². The van der Waals surface area contributed by atoms with E-state index in [2.05, 4.69) is 24.3 Å². The van der Waals surface area contributed by atoms with Crippen LogP contribution in [0.25, 0.3) is 0 Å². The molecule has 1 amide bonds. The standard InChI is InChI=1S/C14H24N4O/c1-10-3-4-12(9-11(10)2)16-14-6-8-18(17-14)7-5-13(15)19/h6,8,10-12H,3-5,7,9H2,1-2H3,(H2,15,19)(H,16,17)/t10-,11-,12-/m1/s1. The fourth-order valence-corrected chi connectivity index (χ4v) is 2.68. The van der Waals surface area contributed by atoms with Crippen LogP contribution >= 0.6 is 0 Å². The average molecular weight is 264 g/mol. The largest absolute Gasteiger partial charge is 0.370 e. The highest BCUT2D eigenvalue weighted by Crippen LogP contribution is 2.30. The molecule has 0 radical (unpaired) electrons. The number of carbonyl (C=O) groups is 1. The Balaban J connectivity index is 1.84. The summed E-state index contributed by atoms with van der Waals surface area (Å²) < 4.78 is 1.77. The fraction of sp³-hybridized carbons (Fsp3) is 0.714. The molecule has 1 fully saturated rings. The van der Waals surface area contributed by atoms with E-state index in [4.69, 9.17) is 5.73 Å². The zero-order valence-electron chi connectivity index (χ0n) is 11.8. The molecule has 0 aromatic carbocycles. The Bertz CT molecular complexity index is 429. The van der Waals surface area contributed by atoms with E-state index in [0.717, 1.165) is 17.7 Å². The Morgan fingerprint density at radius 1 is 1.47 bits per heavy atom. The van der Waals surface area contributed by atoms with E-state index < -0.39 is 0 Å². The van der Waals surface area contributed by atoms with Crippen LogP contribution in [0.3, 0.4) is 0 Å². The third kappa shape index (κ3) is 3.98. The van der Waals surface area contributed by atoms with Crippen LogP contribution in [0.5, 0.6) is 0 Å². The molecule has 0 aliphatic heterocycles. The van der Waals surface area contributed by atoms with Gasteiger partial charge in [0.15, 0.2) is 0 Å². The van der Waals surface area contributed by atoms with Gasteiger partial charge in [0.2, 0.25) is 5.91 Å². The highest BCUT2D eigenvalue weighted by molar-refractivity contribution is 5.73. The summed E-state index contributed by atoms with van der Waals surface area (Å²) >= 11 is 0. The van der Waals surface area contributed by atoms with E-state index in [1.165, 1.54) is 19.3 Å². The lowest BCUT2D eigenvalue weighted by atomic mass is 9.79. The zero-order chi connectivity index (χ0) is 13.8. The summed E-state index contributed by atoms with van der Waals surface area (Å²) in [5.74, 6) is 2.20. The molecule has 1 heterocycles. The Labute approximate surface area is 114 Å². The molecular formula is C14H24N4O. The molecule has 19 heavy (non-hydrogen) atoms. The van der Waals surface area contributed by atoms with Gasteiger partial charge in [0, 0.05) is 31.3 Å². The summed E-state index contributed by atoms with van der Waals surface area (Å²) in [6, 6.07) is 2.48. The zero-order valence-corrected chi connectivity index (χ0v) is 11.8. The van der Waals surface area contributed by atoms with E-state index in [9.17, 15) is 4.79 Å². The predicted octanol–water partition coefficient (Wildman–Crippen LogP) is 2.00. The molecule has 0 saturated heterocycles. The van der Waals surface area contributed by atoms with Gasteiger partial charge in [0.25, 0.3) is 0 Å². The minimum atomic E-state index is -0.292. The van der Waals surface area contributed by atoms with Gasteiger partial charge < -0.3 is 11.1 Å². The number of nitrogens with one attached hydrogen (secondary N) is 1. The number of aromatic nitrogens is 2. The molecule has 5 heteroatoms. The van der Waals surface area contributed by atoms with Gasteiger partial charge in [0.1, 0.15) is 5.82 Å². The van der Waals surface area contributed by atoms with E-state index in [-0.39, 0.29) is 5.91 Å². The van der Waals surface area contributed by atoms with Crippen LogP contribution in [0, 0.1) is 11.8 Å². The number of hydrogen-bond donors (Lipinski definition) is 2. The summed E-state index contributed by atoms with van der Waals surface area (Å²) in [5, 5.41) is 7.91. The lowest BCUT2D eigenvalue weighted by Gasteiger charge is -2.32. The van der Waals surface area contributed by atoms with Crippen molar-refractivity contribution in [3.63, 3.8) is 0 Å². The predicted molar refractivity (Wildman–Crippen MR) is 75.6 cm³/mol. The quantitative estimate of drug-likeness (QED) is 0.854. The average Bonchev–Trinajstić information content (AvgIpc) is 2.79. The number of hydrogen-bond acceptors (Lipinski definition) is 3. The van der Waals surface area contributed by atoms with E-state index in [0.29, 0.717) is 19.0 Å². The number of nitrogens with two attached hydrogens (primary N) is 1. The van der Waals surface area contributed by atoms with Crippen LogP contribution in [0.15, 0.2) is 12.3 Å². The van der Waals surface area contributed by atoms with Gasteiger partial charge in [0.05, 0.1) is 0 Å². The van der Waals surface area contributed by atoms with Crippen LogP contribution in [0.4, 0.5) is 5.82 Å². The SMILES string of the molecule is C[C@@H]1CC[C@@H](Nc2ccn(CCC(N)=O)n2)C[C@H]1C. The molecule has 0 unspecified atom stereocenters. The number of primary amides is 1. The third-order valence-corrected chi connectivity index (χ3v) is 4.18. The molecule has 1 aliphatic rings. The third-order valence-electron chi connectivity index (χ3n) is 4.18. The molecule has 0 spiro atoms. The van der Waals surface area contributed by atoms with Crippen LogP contribution in [0.1, 0.15) is 39.5 Å². The van der Waals surface area contributed by atoms with Gasteiger partial charge in [-0.1, -0.05) is 13.8 Å². The summed E-state index contributed by atoms with van der Waals surface area (Å²) in [6.45, 7) is 5.21. The van der Waals surface area contributed by atoms with Crippen LogP contribution in [-0.4, -0.2) is 21.7 Å². The second-order valence-corrected chi connectivity index (χ2v) is 5.79. The number of anilines is 1. The normalized spacial score (nSPS) is 27.2. The van der Waals surface area contributed by atoms with Crippen molar-refractivity contribution in [1.29, 1.82) is 0 Å². The monoisotopic (exact) mass is 264 g/mol. The molecule has 1 aromatic heterocycles. The Morgan fingerprint density at radius 2 is 2.26 bits per heavy atom. The van der Waals surface area contributed by atoms with Crippen molar-refractivity contribution in [2.24, 2.45) is 17.6 Å². The molecule has 1 aliphatic carbocycles. The maximum Gasteiger partial charge on any atom is 0.219 e. The van der Waals surface area contributed by atoms with Gasteiger partial charge in [-0.3, -0.25) is 9.48 Å². The van der Waals surface area contributed by atoms with Gasteiger partial charge in [-0.25, -0.2) is 0 Å². The Hall–Kier alpha value is -1.52. The van der Waals surface area contributed by atoms with Crippen molar-refractivity contribution in [2.45, 2.75) is 52.1 Å². The van der Waals surface area contributed by atoms with Crippen LogP contribution in [0.2, 0.25) is 0 Å². The van der Waals surface area contributed by atoms with Crippen molar-refractivity contribution in [2.75, 3.05) is 5.32 Å². The minimum Gasteiger partial charge on any atom is -0.370 e. The topological polar surface area (TPSA) is 72.9 Å². The first-order valence-corrected chi connectivity index (χ1v) is 7.13. The molecule has 3 atom stereocenters. The van der Waals surface area contributed by atoms with Crippen molar-refractivity contribution in [1.82, 2.24) is 9.78 Å². The number of nitrogens with zero attached hydrogens (tertiary/aromatic N) is 2. The lowest BCUT2D eigenvalue weighted by Crippen LogP contribution is -2.30. The van der Waals surface area contributed by atoms with E-state index >= 15 is 0 Å². The summed E-state index contributed by atoms with van der Waals surface area (Å²) in [4.78, 5) is 10.7. The number of amides is 1. The van der Waals surface area contributed by atoms with Gasteiger partial charge in [-0.15, -0.1) is 0 Å². The summed E-state index contributed by atoms with van der Waals surface area (Å²) in [5.41, 5.74) is 5.13. The molecule has 1 aromatic rings. The molecule has 5 nitrogen and oxygen atoms in total. The number of aryl methyl sites for hydroxylation is 1. The molecular weight excluding hydrogens is 240 g/mol. The highest BCUT2D eigenvalue weighted by Gasteiger charge is 2.24. The van der Waals surface area contributed by atoms with Crippen LogP contribution < -0.4 is 11.1 Å². The van der Waals surface area contributed by atoms with Crippen molar-refractivity contribution in [3.8, 4) is 0 Å². The van der Waals surface area contributed by atoms with Gasteiger partial charge in [-0.05, 0) is 31.1 Å². The number of rotatable bonds is 5. The van der Waals surface area contributed by atoms with E-state index in [1.54, 1.807) is 4.68 Å². The van der Waals surface area contributed by atoms with Gasteiger partial charge >= 0.3 is 0 Å². The first kappa shape index (κ1) is 13.9.